The highest BCUT2D eigenvalue weighted by Crippen LogP contribution is 2.33. The number of halogens is 4. The molecule has 1 aliphatic heterocycles. The fraction of sp³-hybridized carbons (Fsp3) is 0.429. The lowest BCUT2D eigenvalue weighted by Gasteiger charge is -2.10. The van der Waals surface area contributed by atoms with Crippen molar-refractivity contribution in [2.75, 3.05) is 13.7 Å². The number of alkyl halides is 3. The second kappa shape index (κ2) is 7.71. The Morgan fingerprint density at radius 3 is 2.75 bits per heavy atom. The van der Waals surface area contributed by atoms with Gasteiger partial charge < -0.3 is 19.3 Å². The molecule has 132 valence electrons. The van der Waals surface area contributed by atoms with Crippen molar-refractivity contribution >= 4 is 12.4 Å². The third-order valence-electron chi connectivity index (χ3n) is 3.45. The van der Waals surface area contributed by atoms with Crippen LogP contribution in [0.2, 0.25) is 0 Å². The molecule has 6 nitrogen and oxygen atoms in total. The third kappa shape index (κ3) is 3.90. The Morgan fingerprint density at radius 2 is 2.12 bits per heavy atom. The van der Waals surface area contributed by atoms with Gasteiger partial charge in [0.1, 0.15) is 6.17 Å². The molecule has 0 amide bonds. The summed E-state index contributed by atoms with van der Waals surface area (Å²) in [6.07, 6.45) is -0.673. The topological polar surface area (TPSA) is 69.4 Å². The van der Waals surface area contributed by atoms with Crippen molar-refractivity contribution in [3.05, 3.63) is 24.1 Å². The van der Waals surface area contributed by atoms with E-state index in [1.165, 1.54) is 25.3 Å². The third-order valence-corrected chi connectivity index (χ3v) is 3.45. The minimum absolute atomic E-state index is 0. The van der Waals surface area contributed by atoms with Gasteiger partial charge in [0.25, 0.3) is 0 Å². The molecule has 2 atom stereocenters. The molecule has 0 bridgehead atoms. The molecule has 0 radical (unpaired) electrons. The maximum absolute atomic E-state index is 13.2. The molecule has 1 saturated heterocycles. The van der Waals surface area contributed by atoms with E-state index in [0.29, 0.717) is 5.56 Å². The highest BCUT2D eigenvalue weighted by molar-refractivity contribution is 5.85. The fourth-order valence-electron chi connectivity index (χ4n) is 2.37. The Bertz CT molecular complexity index is 686. The van der Waals surface area contributed by atoms with Crippen LogP contribution < -0.4 is 14.8 Å². The Balaban J connectivity index is 0.00000208. The van der Waals surface area contributed by atoms with Gasteiger partial charge in [0.15, 0.2) is 11.5 Å². The van der Waals surface area contributed by atoms with E-state index in [1.807, 2.05) is 0 Å². The minimum Gasteiger partial charge on any atom is -0.493 e. The van der Waals surface area contributed by atoms with Gasteiger partial charge in [-0.25, -0.2) is 4.39 Å². The molecule has 1 aromatic heterocycles. The molecule has 2 aromatic rings. The molecule has 1 N–H and O–H groups in total. The zero-order chi connectivity index (χ0) is 16.4. The average molecular weight is 366 g/mol. The van der Waals surface area contributed by atoms with Gasteiger partial charge in [-0.3, -0.25) is 0 Å². The lowest BCUT2D eigenvalue weighted by atomic mass is 10.2. The van der Waals surface area contributed by atoms with Gasteiger partial charge in [-0.05, 0) is 18.2 Å². The largest absolute Gasteiger partial charge is 0.493 e. The lowest BCUT2D eigenvalue weighted by molar-refractivity contribution is -0.0512. The Labute approximate surface area is 141 Å². The lowest BCUT2D eigenvalue weighted by Crippen LogP contribution is -2.14. The smallest absolute Gasteiger partial charge is 0.387 e. The van der Waals surface area contributed by atoms with Gasteiger partial charge in [-0.15, -0.1) is 12.4 Å². The highest BCUT2D eigenvalue weighted by atomic mass is 35.5. The molecule has 24 heavy (non-hydrogen) atoms. The van der Waals surface area contributed by atoms with Crippen LogP contribution in [0.25, 0.3) is 11.4 Å². The summed E-state index contributed by atoms with van der Waals surface area (Å²) in [6, 6.07) is 3.98. The van der Waals surface area contributed by atoms with Crippen molar-refractivity contribution in [1.29, 1.82) is 0 Å². The van der Waals surface area contributed by atoms with E-state index in [4.69, 9.17) is 9.26 Å². The van der Waals surface area contributed by atoms with Gasteiger partial charge in [0.2, 0.25) is 11.7 Å². The minimum atomic E-state index is -2.95. The quantitative estimate of drug-likeness (QED) is 0.878. The molecule has 1 fully saturated rings. The molecule has 1 aliphatic rings. The summed E-state index contributed by atoms with van der Waals surface area (Å²) in [7, 11) is 1.34. The summed E-state index contributed by atoms with van der Waals surface area (Å²) in [5.41, 5.74) is 0.508. The molecule has 1 aromatic carbocycles. The number of nitrogens with one attached hydrogen (secondary N) is 1. The summed E-state index contributed by atoms with van der Waals surface area (Å²) < 4.78 is 52.3. The van der Waals surface area contributed by atoms with Gasteiger partial charge >= 0.3 is 6.61 Å². The van der Waals surface area contributed by atoms with E-state index in [0.717, 1.165) is 0 Å². The van der Waals surface area contributed by atoms with Crippen molar-refractivity contribution in [3.63, 3.8) is 0 Å². The second-order valence-electron chi connectivity index (χ2n) is 4.99. The number of ether oxygens (including phenoxy) is 2. The number of nitrogens with zero attached hydrogens (tertiary/aromatic N) is 2. The SMILES string of the molecule is COc1cc(-c2noc([C@H]3C[C@H](F)CN3)n2)ccc1OC(F)F.Cl. The molecule has 0 saturated carbocycles. The first-order chi connectivity index (χ1) is 11.1. The van der Waals surface area contributed by atoms with E-state index in [9.17, 15) is 13.2 Å². The molecule has 2 heterocycles. The number of aromatic nitrogens is 2. The molecule has 10 heteroatoms. The predicted octanol–water partition coefficient (Wildman–Crippen LogP) is 3.14. The molecule has 0 aliphatic carbocycles. The predicted molar refractivity (Wildman–Crippen MR) is 80.4 cm³/mol. The average Bonchev–Trinajstić information content (AvgIpc) is 3.16. The van der Waals surface area contributed by atoms with E-state index in [2.05, 4.69) is 20.2 Å². The number of hydrogen-bond donors (Lipinski definition) is 1. The Kier molecular flexibility index (Phi) is 5.89. The number of hydrogen-bond acceptors (Lipinski definition) is 6. The van der Waals surface area contributed by atoms with Crippen molar-refractivity contribution in [3.8, 4) is 22.9 Å². The number of rotatable bonds is 5. The van der Waals surface area contributed by atoms with Crippen LogP contribution in [0.1, 0.15) is 18.4 Å². The summed E-state index contributed by atoms with van der Waals surface area (Å²) in [4.78, 5) is 4.21. The van der Waals surface area contributed by atoms with E-state index in [-0.39, 0.29) is 54.6 Å². The van der Waals surface area contributed by atoms with Crippen LogP contribution in [0, 0.1) is 0 Å². The molecule has 0 spiro atoms. The van der Waals surface area contributed by atoms with Crippen LogP contribution in [0.3, 0.4) is 0 Å². The fourth-order valence-corrected chi connectivity index (χ4v) is 2.37. The second-order valence-corrected chi connectivity index (χ2v) is 4.99. The van der Waals surface area contributed by atoms with Crippen LogP contribution >= 0.6 is 12.4 Å². The first-order valence-corrected chi connectivity index (χ1v) is 6.91. The normalized spacial score (nSPS) is 20.0. The van der Waals surface area contributed by atoms with Gasteiger partial charge in [-0.2, -0.15) is 13.8 Å². The zero-order valence-corrected chi connectivity index (χ0v) is 13.4. The van der Waals surface area contributed by atoms with Crippen LogP contribution in [0.5, 0.6) is 11.5 Å². The standard InChI is InChI=1S/C14H14F3N3O3.ClH/c1-21-11-4-7(2-3-10(11)22-14(16)17)12-19-13(23-20-12)9-5-8(15)6-18-9;/h2-4,8-9,14,18H,5-6H2,1H3;1H/t8-,9+;/m0./s1. The van der Waals surface area contributed by atoms with Crippen molar-refractivity contribution in [2.24, 2.45) is 0 Å². The first kappa shape index (κ1) is 18.3. The van der Waals surface area contributed by atoms with Gasteiger partial charge in [0, 0.05) is 18.5 Å². The zero-order valence-electron chi connectivity index (χ0n) is 12.5. The number of benzene rings is 1. The van der Waals surface area contributed by atoms with Crippen molar-refractivity contribution in [2.45, 2.75) is 25.2 Å². The van der Waals surface area contributed by atoms with Crippen LogP contribution in [0.15, 0.2) is 22.7 Å². The monoisotopic (exact) mass is 365 g/mol. The van der Waals surface area contributed by atoms with Gasteiger partial charge in [-0.1, -0.05) is 5.16 Å². The number of methoxy groups -OCH3 is 1. The molecular formula is C14H15ClF3N3O3. The molecular weight excluding hydrogens is 351 g/mol. The van der Waals surface area contributed by atoms with E-state index >= 15 is 0 Å². The summed E-state index contributed by atoms with van der Waals surface area (Å²) in [5, 5.41) is 6.77. The van der Waals surface area contributed by atoms with E-state index < -0.39 is 12.8 Å². The molecule has 3 rings (SSSR count). The van der Waals surface area contributed by atoms with Crippen LogP contribution in [0.4, 0.5) is 13.2 Å². The van der Waals surface area contributed by atoms with Crippen LogP contribution in [-0.2, 0) is 0 Å². The maximum atomic E-state index is 13.2. The highest BCUT2D eigenvalue weighted by Gasteiger charge is 2.29. The Morgan fingerprint density at radius 1 is 1.33 bits per heavy atom. The maximum Gasteiger partial charge on any atom is 0.387 e. The van der Waals surface area contributed by atoms with Crippen LogP contribution in [-0.4, -0.2) is 36.6 Å². The Hall–Kier alpha value is -2.00. The first-order valence-electron chi connectivity index (χ1n) is 6.91. The molecule has 0 unspecified atom stereocenters. The summed E-state index contributed by atoms with van der Waals surface area (Å²) in [6.45, 7) is -2.70. The van der Waals surface area contributed by atoms with E-state index in [1.54, 1.807) is 0 Å². The van der Waals surface area contributed by atoms with Crippen molar-refractivity contribution in [1.82, 2.24) is 15.5 Å². The van der Waals surface area contributed by atoms with Crippen molar-refractivity contribution < 1.29 is 27.2 Å². The summed E-state index contributed by atoms with van der Waals surface area (Å²) >= 11 is 0. The summed E-state index contributed by atoms with van der Waals surface area (Å²) in [5.74, 6) is 0.572. The van der Waals surface area contributed by atoms with Gasteiger partial charge in [0.05, 0.1) is 13.2 Å².